The fourth-order valence-electron chi connectivity index (χ4n) is 5.04. The van der Waals surface area contributed by atoms with Gasteiger partial charge in [0.05, 0.1) is 5.56 Å². The van der Waals surface area contributed by atoms with Crippen molar-refractivity contribution in [3.05, 3.63) is 120 Å². The average Bonchev–Trinajstić information content (AvgIpc) is 2.88. The maximum absolute atomic E-state index is 14.7. The molecule has 6 aromatic rings. The highest BCUT2D eigenvalue weighted by Gasteiger charge is 2.30. The van der Waals surface area contributed by atoms with Gasteiger partial charge in [-0.1, -0.05) is 78.9 Å². The van der Waals surface area contributed by atoms with Gasteiger partial charge in [0.25, 0.3) is 0 Å². The van der Waals surface area contributed by atoms with Crippen LogP contribution in [-0.2, 0) is 6.18 Å². The van der Waals surface area contributed by atoms with Crippen LogP contribution >= 0.6 is 0 Å². The normalized spacial score (nSPS) is 12.0. The van der Waals surface area contributed by atoms with Gasteiger partial charge in [-0.25, -0.2) is 8.78 Å². The summed E-state index contributed by atoms with van der Waals surface area (Å²) in [6.45, 7) is 0. The van der Waals surface area contributed by atoms with E-state index in [4.69, 9.17) is 0 Å². The first-order valence-electron chi connectivity index (χ1n) is 11.3. The Morgan fingerprint density at radius 3 is 1.64 bits per heavy atom. The summed E-state index contributed by atoms with van der Waals surface area (Å²) < 4.78 is 68.9. The van der Waals surface area contributed by atoms with E-state index in [0.29, 0.717) is 21.9 Å². The van der Waals surface area contributed by atoms with Gasteiger partial charge in [-0.3, -0.25) is 0 Å². The molecule has 0 spiro atoms. The molecule has 0 N–H and O–H groups in total. The number of halogens is 5. The minimum Gasteiger partial charge on any atom is -0.204 e. The van der Waals surface area contributed by atoms with Crippen LogP contribution in [0.2, 0.25) is 0 Å². The van der Waals surface area contributed by atoms with Crippen LogP contribution in [-0.4, -0.2) is 0 Å². The lowest BCUT2D eigenvalue weighted by Gasteiger charge is -2.19. The number of fused-ring (bicyclic) bond motifs is 3. The van der Waals surface area contributed by atoms with Crippen LogP contribution < -0.4 is 0 Å². The van der Waals surface area contributed by atoms with Gasteiger partial charge >= 0.3 is 6.18 Å². The van der Waals surface area contributed by atoms with E-state index < -0.39 is 23.4 Å². The molecular formula is C31H17F5. The van der Waals surface area contributed by atoms with Crippen molar-refractivity contribution in [1.29, 1.82) is 0 Å². The highest BCUT2D eigenvalue weighted by molar-refractivity contribution is 6.23. The summed E-state index contributed by atoms with van der Waals surface area (Å²) in [5.41, 5.74) is 1.87. The first kappa shape index (κ1) is 22.2. The Balaban J connectivity index is 1.78. The van der Waals surface area contributed by atoms with Crippen molar-refractivity contribution < 1.29 is 22.0 Å². The molecular weight excluding hydrogens is 467 g/mol. The zero-order chi connectivity index (χ0) is 25.0. The van der Waals surface area contributed by atoms with Crippen LogP contribution in [0.3, 0.4) is 0 Å². The number of alkyl halides is 3. The minimum atomic E-state index is -4.48. The standard InChI is InChI=1S/C31H17F5/c32-27-16-25-26(17-28(27)33)30(22-11-5-7-18-6-1-2-8-21(18)22)24-10-4-3-9-23(24)29(25)19-12-14-20(15-13-19)31(34,35)36/h1-17H. The van der Waals surface area contributed by atoms with Crippen molar-refractivity contribution in [2.24, 2.45) is 0 Å². The van der Waals surface area contributed by atoms with Gasteiger partial charge in [0.15, 0.2) is 11.6 Å². The van der Waals surface area contributed by atoms with Crippen molar-refractivity contribution in [2.45, 2.75) is 6.18 Å². The van der Waals surface area contributed by atoms with E-state index in [-0.39, 0.29) is 0 Å². The smallest absolute Gasteiger partial charge is 0.204 e. The number of rotatable bonds is 2. The topological polar surface area (TPSA) is 0 Å². The quantitative estimate of drug-likeness (QED) is 0.169. The second-order valence-electron chi connectivity index (χ2n) is 8.71. The third-order valence-electron chi connectivity index (χ3n) is 6.62. The molecule has 0 saturated heterocycles. The molecule has 36 heavy (non-hydrogen) atoms. The van der Waals surface area contributed by atoms with E-state index in [1.807, 2.05) is 66.7 Å². The van der Waals surface area contributed by atoms with Crippen molar-refractivity contribution in [3.8, 4) is 22.3 Å². The Morgan fingerprint density at radius 1 is 0.472 bits per heavy atom. The average molecular weight is 484 g/mol. The Morgan fingerprint density at radius 2 is 1.00 bits per heavy atom. The Kier molecular flexibility index (Phi) is 5.04. The molecule has 0 radical (unpaired) electrons. The predicted molar refractivity (Wildman–Crippen MR) is 135 cm³/mol. The van der Waals surface area contributed by atoms with Gasteiger partial charge in [0, 0.05) is 0 Å². The Bertz CT molecular complexity index is 1780. The van der Waals surface area contributed by atoms with E-state index in [9.17, 15) is 22.0 Å². The fraction of sp³-hybridized carbons (Fsp3) is 0.0323. The molecule has 0 aromatic heterocycles. The zero-order valence-corrected chi connectivity index (χ0v) is 18.7. The molecule has 0 bridgehead atoms. The molecule has 5 heteroatoms. The van der Waals surface area contributed by atoms with Crippen LogP contribution in [0.4, 0.5) is 22.0 Å². The lowest BCUT2D eigenvalue weighted by atomic mass is 9.84. The summed E-state index contributed by atoms with van der Waals surface area (Å²) in [6, 6.07) is 28.2. The first-order chi connectivity index (χ1) is 17.3. The maximum Gasteiger partial charge on any atom is 0.416 e. The number of benzene rings is 6. The largest absolute Gasteiger partial charge is 0.416 e. The van der Waals surface area contributed by atoms with Crippen LogP contribution in [0.25, 0.3) is 54.6 Å². The van der Waals surface area contributed by atoms with Crippen LogP contribution in [0.1, 0.15) is 5.56 Å². The van der Waals surface area contributed by atoms with Crippen LogP contribution in [0, 0.1) is 11.6 Å². The molecule has 0 atom stereocenters. The molecule has 0 fully saturated rings. The highest BCUT2D eigenvalue weighted by atomic mass is 19.4. The van der Waals surface area contributed by atoms with Crippen molar-refractivity contribution >= 4 is 32.3 Å². The lowest BCUT2D eigenvalue weighted by molar-refractivity contribution is -0.137. The van der Waals surface area contributed by atoms with Gasteiger partial charge in [-0.05, 0) is 78.8 Å². The molecule has 0 saturated carbocycles. The Labute approximate surface area is 203 Å². The Hall–Kier alpha value is -4.25. The highest BCUT2D eigenvalue weighted by Crippen LogP contribution is 2.46. The monoisotopic (exact) mass is 484 g/mol. The zero-order valence-electron chi connectivity index (χ0n) is 18.7. The molecule has 6 aromatic carbocycles. The van der Waals surface area contributed by atoms with Gasteiger partial charge in [-0.15, -0.1) is 0 Å². The molecule has 0 nitrogen and oxygen atoms in total. The van der Waals surface area contributed by atoms with Crippen molar-refractivity contribution in [3.63, 3.8) is 0 Å². The second kappa shape index (κ2) is 8.16. The number of hydrogen-bond acceptors (Lipinski definition) is 0. The summed E-state index contributed by atoms with van der Waals surface area (Å²) in [5, 5.41) is 4.40. The van der Waals surface area contributed by atoms with E-state index in [0.717, 1.165) is 50.9 Å². The fourth-order valence-corrected chi connectivity index (χ4v) is 5.04. The minimum absolute atomic E-state index is 0.426. The van der Waals surface area contributed by atoms with Gasteiger partial charge in [-0.2, -0.15) is 13.2 Å². The molecule has 0 unspecified atom stereocenters. The summed E-state index contributed by atoms with van der Waals surface area (Å²) in [7, 11) is 0. The summed E-state index contributed by atoms with van der Waals surface area (Å²) in [4.78, 5) is 0. The van der Waals surface area contributed by atoms with Crippen molar-refractivity contribution in [2.75, 3.05) is 0 Å². The lowest BCUT2D eigenvalue weighted by Crippen LogP contribution is -2.04. The molecule has 0 aliphatic rings. The van der Waals surface area contributed by atoms with E-state index in [1.54, 1.807) is 0 Å². The molecule has 6 rings (SSSR count). The first-order valence-corrected chi connectivity index (χ1v) is 11.3. The van der Waals surface area contributed by atoms with Gasteiger partial charge in [0.2, 0.25) is 0 Å². The predicted octanol–water partition coefficient (Wildman–Crippen LogP) is 9.78. The summed E-state index contributed by atoms with van der Waals surface area (Å²) in [6.07, 6.45) is -4.48. The van der Waals surface area contributed by atoms with Crippen molar-refractivity contribution in [1.82, 2.24) is 0 Å². The van der Waals surface area contributed by atoms with Gasteiger partial charge < -0.3 is 0 Å². The molecule has 176 valence electrons. The van der Waals surface area contributed by atoms with Crippen LogP contribution in [0.15, 0.2) is 103 Å². The van der Waals surface area contributed by atoms with Gasteiger partial charge in [0.1, 0.15) is 0 Å². The molecule has 0 aliphatic carbocycles. The van der Waals surface area contributed by atoms with E-state index in [2.05, 4.69) is 0 Å². The summed E-state index contributed by atoms with van der Waals surface area (Å²) >= 11 is 0. The second-order valence-corrected chi connectivity index (χ2v) is 8.71. The maximum atomic E-state index is 14.7. The summed E-state index contributed by atoms with van der Waals surface area (Å²) in [5.74, 6) is -2.01. The van der Waals surface area contributed by atoms with E-state index in [1.165, 1.54) is 18.2 Å². The SMILES string of the molecule is Fc1cc2c(-c3ccc(C(F)(F)F)cc3)c3ccccc3c(-c3cccc4ccccc34)c2cc1F. The third kappa shape index (κ3) is 3.51. The van der Waals surface area contributed by atoms with E-state index >= 15 is 0 Å². The molecule has 0 aliphatic heterocycles. The third-order valence-corrected chi connectivity index (χ3v) is 6.62. The molecule has 0 heterocycles. The molecule has 0 amide bonds. The van der Waals surface area contributed by atoms with Crippen LogP contribution in [0.5, 0.6) is 0 Å². The number of hydrogen-bond donors (Lipinski definition) is 0.